The molecule has 0 spiro atoms. The third-order valence-corrected chi connectivity index (χ3v) is 8.57. The van der Waals surface area contributed by atoms with E-state index < -0.39 is 26.9 Å². The number of sulfonamides is 1. The lowest BCUT2D eigenvalue weighted by Crippen LogP contribution is -2.70. The standard InChI is InChI=1S/C25H30N2O6S/c1-24(22(28)26-34(30,31)19-11-12-20(32-2)21(17-19)33-3)15-16-27(24)23(29)25(13-7-8-14-25)18-9-5-4-6-10-18/h4-6,9-12,17H,7-8,13-16H2,1-3H3,(H,26,28). The molecule has 1 saturated heterocycles. The Bertz CT molecular complexity index is 1190. The van der Waals surface area contributed by atoms with Gasteiger partial charge in [0, 0.05) is 12.6 Å². The largest absolute Gasteiger partial charge is 0.493 e. The highest BCUT2D eigenvalue weighted by Crippen LogP contribution is 2.46. The van der Waals surface area contributed by atoms with E-state index in [9.17, 15) is 18.0 Å². The van der Waals surface area contributed by atoms with Crippen molar-refractivity contribution >= 4 is 21.8 Å². The Hall–Kier alpha value is -3.07. The third-order valence-electron chi connectivity index (χ3n) is 7.24. The lowest BCUT2D eigenvalue weighted by atomic mass is 9.74. The maximum Gasteiger partial charge on any atom is 0.264 e. The van der Waals surface area contributed by atoms with Crippen LogP contribution in [0.5, 0.6) is 11.5 Å². The van der Waals surface area contributed by atoms with E-state index in [1.165, 1.54) is 32.4 Å². The van der Waals surface area contributed by atoms with Crippen molar-refractivity contribution in [2.45, 2.75) is 54.9 Å². The number of amides is 2. The van der Waals surface area contributed by atoms with Gasteiger partial charge < -0.3 is 14.4 Å². The van der Waals surface area contributed by atoms with Crippen LogP contribution in [0.4, 0.5) is 0 Å². The first-order valence-corrected chi connectivity index (χ1v) is 12.8. The van der Waals surface area contributed by atoms with Gasteiger partial charge in [0.15, 0.2) is 11.5 Å². The molecule has 0 aromatic heterocycles. The van der Waals surface area contributed by atoms with Crippen LogP contribution in [0.15, 0.2) is 53.4 Å². The molecular weight excluding hydrogens is 456 g/mol. The smallest absolute Gasteiger partial charge is 0.264 e. The fourth-order valence-corrected chi connectivity index (χ4v) is 6.11. The number of ether oxygens (including phenoxy) is 2. The van der Waals surface area contributed by atoms with Gasteiger partial charge in [-0.2, -0.15) is 0 Å². The van der Waals surface area contributed by atoms with E-state index in [1.807, 2.05) is 30.3 Å². The van der Waals surface area contributed by atoms with Gasteiger partial charge in [-0.15, -0.1) is 0 Å². The minimum Gasteiger partial charge on any atom is -0.493 e. The van der Waals surface area contributed by atoms with Gasteiger partial charge in [-0.3, -0.25) is 9.59 Å². The second-order valence-electron chi connectivity index (χ2n) is 9.09. The number of nitrogens with one attached hydrogen (secondary N) is 1. The summed E-state index contributed by atoms with van der Waals surface area (Å²) in [5.74, 6) is -0.222. The number of carbonyl (C=O) groups excluding carboxylic acids is 2. The molecule has 0 radical (unpaired) electrons. The maximum atomic E-state index is 13.8. The zero-order valence-electron chi connectivity index (χ0n) is 19.7. The zero-order chi connectivity index (χ0) is 24.6. The number of likely N-dealkylation sites (tertiary alicyclic amines) is 1. The van der Waals surface area contributed by atoms with E-state index in [-0.39, 0.29) is 16.6 Å². The van der Waals surface area contributed by atoms with Crippen LogP contribution in [-0.2, 0) is 25.0 Å². The van der Waals surface area contributed by atoms with E-state index in [4.69, 9.17) is 9.47 Å². The molecule has 1 unspecified atom stereocenters. The van der Waals surface area contributed by atoms with E-state index in [2.05, 4.69) is 4.72 Å². The molecule has 2 aromatic rings. The van der Waals surface area contributed by atoms with Crippen molar-refractivity contribution in [3.63, 3.8) is 0 Å². The lowest BCUT2D eigenvalue weighted by molar-refractivity contribution is -0.161. The molecule has 1 saturated carbocycles. The highest BCUT2D eigenvalue weighted by Gasteiger charge is 2.56. The van der Waals surface area contributed by atoms with Crippen LogP contribution >= 0.6 is 0 Å². The first kappa shape index (κ1) is 24.1. The maximum absolute atomic E-state index is 13.8. The summed E-state index contributed by atoms with van der Waals surface area (Å²) in [4.78, 5) is 28.5. The number of hydrogen-bond donors (Lipinski definition) is 1. The molecule has 1 heterocycles. The Morgan fingerprint density at radius 2 is 1.59 bits per heavy atom. The number of benzene rings is 2. The van der Waals surface area contributed by atoms with Crippen molar-refractivity contribution in [2.75, 3.05) is 20.8 Å². The molecule has 2 amide bonds. The molecule has 2 fully saturated rings. The minimum atomic E-state index is -4.19. The predicted octanol–water partition coefficient (Wildman–Crippen LogP) is 3.01. The molecule has 9 heteroatoms. The topological polar surface area (TPSA) is 102 Å². The van der Waals surface area contributed by atoms with Crippen LogP contribution in [0.1, 0.15) is 44.6 Å². The van der Waals surface area contributed by atoms with Crippen molar-refractivity contribution in [1.82, 2.24) is 9.62 Å². The number of hydrogen-bond acceptors (Lipinski definition) is 6. The summed E-state index contributed by atoms with van der Waals surface area (Å²) in [5, 5.41) is 0. The summed E-state index contributed by atoms with van der Waals surface area (Å²) in [5.41, 5.74) is -0.971. The van der Waals surface area contributed by atoms with Gasteiger partial charge in [-0.05, 0) is 43.9 Å². The Morgan fingerprint density at radius 3 is 2.15 bits per heavy atom. The van der Waals surface area contributed by atoms with Crippen LogP contribution in [-0.4, -0.2) is 51.4 Å². The Kier molecular flexibility index (Phi) is 6.33. The van der Waals surface area contributed by atoms with Gasteiger partial charge in [-0.25, -0.2) is 13.1 Å². The SMILES string of the molecule is COc1ccc(S(=O)(=O)NC(=O)C2(C)CCN2C(=O)C2(c3ccccc3)CCCC2)cc1OC. The number of rotatable bonds is 7. The van der Waals surface area contributed by atoms with Crippen LogP contribution in [0.2, 0.25) is 0 Å². The number of methoxy groups -OCH3 is 2. The van der Waals surface area contributed by atoms with Crippen molar-refractivity contribution in [3.05, 3.63) is 54.1 Å². The number of nitrogens with zero attached hydrogens (tertiary/aromatic N) is 1. The van der Waals surface area contributed by atoms with Gasteiger partial charge in [-0.1, -0.05) is 43.2 Å². The molecule has 1 aliphatic carbocycles. The molecule has 2 aromatic carbocycles. The number of carbonyl (C=O) groups is 2. The van der Waals surface area contributed by atoms with E-state index in [1.54, 1.807) is 11.8 Å². The molecule has 182 valence electrons. The normalized spacial score (nSPS) is 21.4. The molecule has 4 rings (SSSR count). The van der Waals surface area contributed by atoms with Gasteiger partial charge in [0.1, 0.15) is 5.54 Å². The van der Waals surface area contributed by atoms with Gasteiger partial charge >= 0.3 is 0 Å². The van der Waals surface area contributed by atoms with Crippen LogP contribution in [0.25, 0.3) is 0 Å². The zero-order valence-corrected chi connectivity index (χ0v) is 20.5. The first-order chi connectivity index (χ1) is 16.2. The quantitative estimate of drug-likeness (QED) is 0.646. The van der Waals surface area contributed by atoms with Gasteiger partial charge in [0.25, 0.3) is 15.9 Å². The monoisotopic (exact) mass is 486 g/mol. The Morgan fingerprint density at radius 1 is 0.941 bits per heavy atom. The van der Waals surface area contributed by atoms with Crippen molar-refractivity contribution in [2.24, 2.45) is 0 Å². The second-order valence-corrected chi connectivity index (χ2v) is 10.8. The molecule has 2 aliphatic rings. The molecule has 1 atom stereocenters. The van der Waals surface area contributed by atoms with Crippen LogP contribution in [0, 0.1) is 0 Å². The molecule has 1 N–H and O–H groups in total. The molecular formula is C25H30N2O6S. The fourth-order valence-electron chi connectivity index (χ4n) is 5.02. The van der Waals surface area contributed by atoms with Gasteiger partial charge in [0.2, 0.25) is 5.91 Å². The average molecular weight is 487 g/mol. The van der Waals surface area contributed by atoms with E-state index in [0.29, 0.717) is 31.6 Å². The molecule has 1 aliphatic heterocycles. The van der Waals surface area contributed by atoms with Crippen molar-refractivity contribution < 1.29 is 27.5 Å². The molecule has 34 heavy (non-hydrogen) atoms. The average Bonchev–Trinajstić information content (AvgIpc) is 3.34. The molecule has 0 bridgehead atoms. The van der Waals surface area contributed by atoms with Crippen molar-refractivity contribution in [1.29, 1.82) is 0 Å². The van der Waals surface area contributed by atoms with E-state index >= 15 is 0 Å². The summed E-state index contributed by atoms with van der Waals surface area (Å²) in [6, 6.07) is 13.8. The summed E-state index contributed by atoms with van der Waals surface area (Å²) in [7, 11) is -1.34. The Balaban J connectivity index is 1.57. The fraction of sp³-hybridized carbons (Fsp3) is 0.440. The van der Waals surface area contributed by atoms with Crippen molar-refractivity contribution in [3.8, 4) is 11.5 Å². The van der Waals surface area contributed by atoms with E-state index in [0.717, 1.165) is 18.4 Å². The highest BCUT2D eigenvalue weighted by molar-refractivity contribution is 7.90. The first-order valence-electron chi connectivity index (χ1n) is 11.3. The summed E-state index contributed by atoms with van der Waals surface area (Å²) >= 11 is 0. The van der Waals surface area contributed by atoms with Gasteiger partial charge in [0.05, 0.1) is 24.5 Å². The summed E-state index contributed by atoms with van der Waals surface area (Å²) in [6.07, 6.45) is 3.69. The summed E-state index contributed by atoms with van der Waals surface area (Å²) in [6.45, 7) is 2.04. The van der Waals surface area contributed by atoms with Crippen LogP contribution in [0.3, 0.4) is 0 Å². The highest BCUT2D eigenvalue weighted by atomic mass is 32.2. The predicted molar refractivity (Wildman–Crippen MR) is 126 cm³/mol. The lowest BCUT2D eigenvalue weighted by Gasteiger charge is -2.52. The third kappa shape index (κ3) is 3.91. The molecule has 8 nitrogen and oxygen atoms in total. The van der Waals surface area contributed by atoms with Crippen LogP contribution < -0.4 is 14.2 Å². The summed E-state index contributed by atoms with van der Waals surface area (Å²) < 4.78 is 38.5. The second kappa shape index (κ2) is 8.94. The Labute approximate surface area is 200 Å². The minimum absolute atomic E-state index is 0.108.